The number of amides is 1. The number of carbonyl (C=O) groups excluding carboxylic acids is 1. The third kappa shape index (κ3) is 2.40. The second kappa shape index (κ2) is 5.91. The first kappa shape index (κ1) is 14.8. The van der Waals surface area contributed by atoms with E-state index in [0.717, 1.165) is 48.4 Å². The summed E-state index contributed by atoms with van der Waals surface area (Å²) in [7, 11) is 1.96. The van der Waals surface area contributed by atoms with Crippen LogP contribution in [0, 0.1) is 0 Å². The van der Waals surface area contributed by atoms with E-state index in [-0.39, 0.29) is 5.91 Å². The predicted molar refractivity (Wildman–Crippen MR) is 86.0 cm³/mol. The van der Waals surface area contributed by atoms with Gasteiger partial charge < -0.3 is 4.90 Å². The molecule has 5 heteroatoms. The number of nitrogens with zero attached hydrogens (tertiary/aromatic N) is 4. The van der Waals surface area contributed by atoms with Crippen LogP contribution in [0.2, 0.25) is 0 Å². The van der Waals surface area contributed by atoms with Crippen molar-refractivity contribution in [1.82, 2.24) is 14.8 Å². The summed E-state index contributed by atoms with van der Waals surface area (Å²) in [5.74, 6) is 0.143. The topological polar surface area (TPSA) is 51.0 Å². The van der Waals surface area contributed by atoms with Gasteiger partial charge >= 0.3 is 0 Å². The van der Waals surface area contributed by atoms with Crippen LogP contribution in [0.4, 0.5) is 5.69 Å². The zero-order valence-corrected chi connectivity index (χ0v) is 13.5. The standard InChI is InChI=1S/C17H22N4O/c1-4-14-13(15(5-2)20(3)19-14)10-17(22)21-9-7-12-6-8-18-11-16(12)21/h6,8,11H,4-5,7,9-10H2,1-3H3. The lowest BCUT2D eigenvalue weighted by atomic mass is 10.1. The number of hydrogen-bond donors (Lipinski definition) is 0. The molecule has 0 aliphatic carbocycles. The second-order valence-electron chi connectivity index (χ2n) is 5.68. The molecular formula is C17H22N4O. The third-order valence-corrected chi connectivity index (χ3v) is 4.44. The normalized spacial score (nSPS) is 13.5. The number of rotatable bonds is 4. The minimum atomic E-state index is 0.143. The Morgan fingerprint density at radius 1 is 1.32 bits per heavy atom. The van der Waals surface area contributed by atoms with Crippen molar-refractivity contribution in [3.63, 3.8) is 0 Å². The fourth-order valence-corrected chi connectivity index (χ4v) is 3.32. The lowest BCUT2D eigenvalue weighted by Gasteiger charge is -2.17. The highest BCUT2D eigenvalue weighted by Gasteiger charge is 2.26. The molecule has 3 rings (SSSR count). The molecule has 0 saturated carbocycles. The molecule has 1 aliphatic rings. The van der Waals surface area contributed by atoms with Crippen LogP contribution in [0.1, 0.15) is 36.4 Å². The maximum atomic E-state index is 12.8. The number of fused-ring (bicyclic) bond motifs is 1. The molecule has 22 heavy (non-hydrogen) atoms. The molecule has 3 heterocycles. The molecule has 1 amide bonds. The number of carbonyl (C=O) groups is 1. The molecule has 0 fully saturated rings. The van der Waals surface area contributed by atoms with E-state index in [0.29, 0.717) is 6.42 Å². The molecule has 2 aromatic heterocycles. The van der Waals surface area contributed by atoms with E-state index in [1.165, 1.54) is 5.56 Å². The van der Waals surface area contributed by atoms with Crippen LogP contribution in [0.25, 0.3) is 0 Å². The molecule has 0 N–H and O–H groups in total. The first-order chi connectivity index (χ1) is 10.7. The van der Waals surface area contributed by atoms with E-state index in [1.807, 2.05) is 22.7 Å². The van der Waals surface area contributed by atoms with Crippen LogP contribution in [0.5, 0.6) is 0 Å². The van der Waals surface area contributed by atoms with Gasteiger partial charge in [0.2, 0.25) is 5.91 Å². The summed E-state index contributed by atoms with van der Waals surface area (Å²) in [6.07, 6.45) is 6.68. The molecule has 0 spiro atoms. The van der Waals surface area contributed by atoms with E-state index in [9.17, 15) is 4.79 Å². The summed E-state index contributed by atoms with van der Waals surface area (Å²) >= 11 is 0. The average Bonchev–Trinajstić information content (AvgIpc) is 3.08. The molecule has 0 radical (unpaired) electrons. The Hall–Kier alpha value is -2.17. The summed E-state index contributed by atoms with van der Waals surface area (Å²) in [5.41, 5.74) is 5.48. The van der Waals surface area contributed by atoms with Gasteiger partial charge in [-0.15, -0.1) is 0 Å². The van der Waals surface area contributed by atoms with Gasteiger partial charge in [0, 0.05) is 31.0 Å². The van der Waals surface area contributed by atoms with Crippen molar-refractivity contribution in [2.75, 3.05) is 11.4 Å². The van der Waals surface area contributed by atoms with Crippen molar-refractivity contribution in [1.29, 1.82) is 0 Å². The number of aromatic nitrogens is 3. The summed E-state index contributed by atoms with van der Waals surface area (Å²) in [5, 5.41) is 4.56. The summed E-state index contributed by atoms with van der Waals surface area (Å²) in [6.45, 7) is 4.95. The van der Waals surface area contributed by atoms with Gasteiger partial charge in [0.05, 0.1) is 24.0 Å². The van der Waals surface area contributed by atoms with Crippen LogP contribution in [0.15, 0.2) is 18.5 Å². The maximum Gasteiger partial charge on any atom is 0.231 e. The summed E-state index contributed by atoms with van der Waals surface area (Å²) < 4.78 is 1.92. The molecule has 2 aromatic rings. The minimum absolute atomic E-state index is 0.143. The second-order valence-corrected chi connectivity index (χ2v) is 5.68. The largest absolute Gasteiger partial charge is 0.310 e. The molecule has 0 unspecified atom stereocenters. The Labute approximate surface area is 131 Å². The van der Waals surface area contributed by atoms with E-state index >= 15 is 0 Å². The first-order valence-corrected chi connectivity index (χ1v) is 7.92. The number of pyridine rings is 1. The summed E-state index contributed by atoms with van der Waals surface area (Å²) in [6, 6.07) is 2.00. The molecular weight excluding hydrogens is 276 g/mol. The lowest BCUT2D eigenvalue weighted by Crippen LogP contribution is -2.30. The fraction of sp³-hybridized carbons (Fsp3) is 0.471. The molecule has 116 valence electrons. The smallest absolute Gasteiger partial charge is 0.231 e. The predicted octanol–water partition coefficient (Wildman–Crippen LogP) is 2.07. The third-order valence-electron chi connectivity index (χ3n) is 4.44. The van der Waals surface area contributed by atoms with E-state index in [4.69, 9.17) is 0 Å². The van der Waals surface area contributed by atoms with Crippen molar-refractivity contribution in [3.05, 3.63) is 41.0 Å². The zero-order valence-electron chi connectivity index (χ0n) is 13.5. The van der Waals surface area contributed by atoms with Crippen molar-refractivity contribution in [3.8, 4) is 0 Å². The quantitative estimate of drug-likeness (QED) is 0.868. The number of anilines is 1. The highest BCUT2D eigenvalue weighted by molar-refractivity contribution is 5.96. The first-order valence-electron chi connectivity index (χ1n) is 7.92. The monoisotopic (exact) mass is 298 g/mol. The molecule has 0 bridgehead atoms. The van der Waals surface area contributed by atoms with Gasteiger partial charge in [0.25, 0.3) is 0 Å². The number of aryl methyl sites for hydroxylation is 2. The van der Waals surface area contributed by atoms with Gasteiger partial charge in [-0.1, -0.05) is 13.8 Å². The van der Waals surface area contributed by atoms with Crippen LogP contribution in [0.3, 0.4) is 0 Å². The van der Waals surface area contributed by atoms with Gasteiger partial charge in [0.1, 0.15) is 0 Å². The van der Waals surface area contributed by atoms with Gasteiger partial charge in [-0.25, -0.2) is 0 Å². The van der Waals surface area contributed by atoms with Gasteiger partial charge in [-0.2, -0.15) is 5.10 Å². The number of hydrogen-bond acceptors (Lipinski definition) is 3. The van der Waals surface area contributed by atoms with Crippen LogP contribution in [-0.2, 0) is 37.5 Å². The highest BCUT2D eigenvalue weighted by Crippen LogP contribution is 2.28. The minimum Gasteiger partial charge on any atom is -0.310 e. The maximum absolute atomic E-state index is 12.8. The zero-order chi connectivity index (χ0) is 15.7. The van der Waals surface area contributed by atoms with Crippen molar-refractivity contribution < 1.29 is 4.79 Å². The molecule has 0 atom stereocenters. The summed E-state index contributed by atoms with van der Waals surface area (Å²) in [4.78, 5) is 18.8. The Morgan fingerprint density at radius 3 is 2.86 bits per heavy atom. The van der Waals surface area contributed by atoms with E-state index < -0.39 is 0 Å². The van der Waals surface area contributed by atoms with Gasteiger partial charge in [-0.3, -0.25) is 14.5 Å². The highest BCUT2D eigenvalue weighted by atomic mass is 16.2. The fourth-order valence-electron chi connectivity index (χ4n) is 3.32. The van der Waals surface area contributed by atoms with Crippen molar-refractivity contribution >= 4 is 11.6 Å². The lowest BCUT2D eigenvalue weighted by molar-refractivity contribution is -0.117. The SMILES string of the molecule is CCc1nn(C)c(CC)c1CC(=O)N1CCc2ccncc21. The Bertz CT molecular complexity index is 705. The van der Waals surface area contributed by atoms with Gasteiger partial charge in [-0.05, 0) is 30.9 Å². The Balaban J connectivity index is 1.87. The molecule has 5 nitrogen and oxygen atoms in total. The van der Waals surface area contributed by atoms with Crippen LogP contribution < -0.4 is 4.90 Å². The Morgan fingerprint density at radius 2 is 2.14 bits per heavy atom. The van der Waals surface area contributed by atoms with E-state index in [1.54, 1.807) is 12.4 Å². The van der Waals surface area contributed by atoms with Crippen LogP contribution in [-0.4, -0.2) is 27.2 Å². The average molecular weight is 298 g/mol. The van der Waals surface area contributed by atoms with E-state index in [2.05, 4.69) is 23.9 Å². The molecule has 1 aliphatic heterocycles. The Kier molecular flexibility index (Phi) is 3.96. The molecule has 0 aromatic carbocycles. The van der Waals surface area contributed by atoms with Crippen molar-refractivity contribution in [2.45, 2.75) is 39.5 Å². The molecule has 0 saturated heterocycles. The van der Waals surface area contributed by atoms with Crippen molar-refractivity contribution in [2.24, 2.45) is 7.05 Å². The van der Waals surface area contributed by atoms with Gasteiger partial charge in [0.15, 0.2) is 0 Å². The van der Waals surface area contributed by atoms with Crippen LogP contribution >= 0.6 is 0 Å².